The number of amides is 2. The number of rotatable bonds is 2. The van der Waals surface area contributed by atoms with Crippen LogP contribution >= 0.6 is 0 Å². The Bertz CT molecular complexity index is 546. The maximum absolute atomic E-state index is 12.9. The van der Waals surface area contributed by atoms with Crippen molar-refractivity contribution in [3.8, 4) is 0 Å². The van der Waals surface area contributed by atoms with E-state index in [9.17, 15) is 14.7 Å². The summed E-state index contributed by atoms with van der Waals surface area (Å²) in [5.41, 5.74) is -1.34. The fourth-order valence-corrected chi connectivity index (χ4v) is 4.05. The average molecular weight is 339 g/mol. The standard InChI is InChI=1S/C18H29NO5/c1-16(2,3)24-15(22)19-14(21)12(9-18(19)6-7-18)13(20)11-8-17(4,5)23-10-11/h11-13,20H,6-10H2,1-5H3/t11-,12?,13?/m1/s1. The number of ether oxygens (including phenoxy) is 2. The van der Waals surface area contributed by atoms with Crippen LogP contribution in [0.3, 0.4) is 0 Å². The van der Waals surface area contributed by atoms with Crippen LogP contribution in [0.4, 0.5) is 4.79 Å². The van der Waals surface area contributed by atoms with Gasteiger partial charge in [-0.1, -0.05) is 0 Å². The molecular formula is C18H29NO5. The maximum Gasteiger partial charge on any atom is 0.417 e. The number of hydrogen-bond donors (Lipinski definition) is 1. The highest BCUT2D eigenvalue weighted by Crippen LogP contribution is 2.54. The van der Waals surface area contributed by atoms with Crippen molar-refractivity contribution < 1.29 is 24.2 Å². The molecule has 6 nitrogen and oxygen atoms in total. The normalized spacial score (nSPS) is 32.2. The van der Waals surface area contributed by atoms with Crippen LogP contribution in [-0.4, -0.2) is 51.5 Å². The van der Waals surface area contributed by atoms with Crippen molar-refractivity contribution in [3.05, 3.63) is 0 Å². The van der Waals surface area contributed by atoms with Gasteiger partial charge in [0, 0.05) is 5.92 Å². The first-order chi connectivity index (χ1) is 10.9. The third-order valence-corrected chi connectivity index (χ3v) is 5.35. The van der Waals surface area contributed by atoms with Gasteiger partial charge < -0.3 is 14.6 Å². The highest BCUT2D eigenvalue weighted by molar-refractivity contribution is 5.97. The highest BCUT2D eigenvalue weighted by Gasteiger charge is 2.63. The fourth-order valence-electron chi connectivity index (χ4n) is 4.05. The first-order valence-electron chi connectivity index (χ1n) is 8.83. The Morgan fingerprint density at radius 3 is 2.42 bits per heavy atom. The molecule has 0 aromatic heterocycles. The molecule has 2 amide bonds. The number of likely N-dealkylation sites (tertiary alicyclic amines) is 1. The zero-order valence-corrected chi connectivity index (χ0v) is 15.3. The second-order valence-electron chi connectivity index (χ2n) is 9.21. The number of aliphatic hydroxyl groups excluding tert-OH is 1. The Morgan fingerprint density at radius 1 is 1.33 bits per heavy atom. The van der Waals surface area contributed by atoms with Crippen molar-refractivity contribution >= 4 is 12.0 Å². The number of aliphatic hydroxyl groups is 1. The predicted octanol–water partition coefficient (Wildman–Crippen LogP) is 2.48. The number of imide groups is 1. The second kappa shape index (κ2) is 5.43. The van der Waals surface area contributed by atoms with E-state index in [1.165, 1.54) is 4.90 Å². The summed E-state index contributed by atoms with van der Waals surface area (Å²) < 4.78 is 11.1. The minimum absolute atomic E-state index is 0.0664. The molecule has 2 heterocycles. The lowest BCUT2D eigenvalue weighted by Gasteiger charge is -2.27. The van der Waals surface area contributed by atoms with Gasteiger partial charge in [0.25, 0.3) is 0 Å². The summed E-state index contributed by atoms with van der Waals surface area (Å²) in [5, 5.41) is 10.8. The molecule has 0 aromatic carbocycles. The van der Waals surface area contributed by atoms with Crippen LogP contribution in [0.25, 0.3) is 0 Å². The molecule has 1 aliphatic carbocycles. The summed E-state index contributed by atoms with van der Waals surface area (Å²) in [5.74, 6) is -0.898. The van der Waals surface area contributed by atoms with Crippen LogP contribution in [0.15, 0.2) is 0 Å². The summed E-state index contributed by atoms with van der Waals surface area (Å²) in [6, 6.07) is 0. The SMILES string of the molecule is CC(C)(C)OC(=O)N1C(=O)C(C(O)[C@H]2COC(C)(C)C2)CC12CC2. The number of carbonyl (C=O) groups is 2. The Balaban J connectivity index is 1.74. The molecule has 1 spiro atoms. The van der Waals surface area contributed by atoms with Crippen molar-refractivity contribution in [1.82, 2.24) is 4.90 Å². The van der Waals surface area contributed by atoms with Crippen molar-refractivity contribution in [2.24, 2.45) is 11.8 Å². The molecule has 2 saturated heterocycles. The minimum Gasteiger partial charge on any atom is -0.443 e. The highest BCUT2D eigenvalue weighted by atomic mass is 16.6. The molecule has 3 fully saturated rings. The third kappa shape index (κ3) is 3.18. The minimum atomic E-state index is -0.774. The Labute approximate surface area is 143 Å². The zero-order chi connectivity index (χ0) is 17.9. The topological polar surface area (TPSA) is 76.1 Å². The molecule has 2 unspecified atom stereocenters. The first kappa shape index (κ1) is 17.7. The van der Waals surface area contributed by atoms with Gasteiger partial charge in [-0.05, 0) is 60.3 Å². The summed E-state index contributed by atoms with van der Waals surface area (Å²) in [7, 11) is 0. The molecule has 24 heavy (non-hydrogen) atoms. The van der Waals surface area contributed by atoms with Crippen LogP contribution in [0, 0.1) is 11.8 Å². The van der Waals surface area contributed by atoms with Crippen LogP contribution in [0.1, 0.15) is 60.3 Å². The summed E-state index contributed by atoms with van der Waals surface area (Å²) in [4.78, 5) is 26.7. The van der Waals surface area contributed by atoms with Crippen LogP contribution in [0.2, 0.25) is 0 Å². The molecule has 1 N–H and O–H groups in total. The average Bonchev–Trinajstić information content (AvgIpc) is 2.98. The number of carbonyl (C=O) groups excluding carboxylic acids is 2. The van der Waals surface area contributed by atoms with Crippen LogP contribution < -0.4 is 0 Å². The molecule has 6 heteroatoms. The number of hydrogen-bond acceptors (Lipinski definition) is 5. The van der Waals surface area contributed by atoms with Gasteiger partial charge in [0.15, 0.2) is 0 Å². The monoisotopic (exact) mass is 339 g/mol. The van der Waals surface area contributed by atoms with Gasteiger partial charge >= 0.3 is 6.09 Å². The van der Waals surface area contributed by atoms with Gasteiger partial charge in [-0.2, -0.15) is 0 Å². The van der Waals surface area contributed by atoms with Crippen molar-refractivity contribution in [2.75, 3.05) is 6.61 Å². The molecule has 136 valence electrons. The third-order valence-electron chi connectivity index (χ3n) is 5.35. The van der Waals surface area contributed by atoms with Gasteiger partial charge in [0.05, 0.1) is 29.8 Å². The molecule has 3 aliphatic rings. The van der Waals surface area contributed by atoms with E-state index in [0.717, 1.165) is 19.3 Å². The van der Waals surface area contributed by atoms with Crippen LogP contribution in [0.5, 0.6) is 0 Å². The van der Waals surface area contributed by atoms with Crippen molar-refractivity contribution in [2.45, 2.75) is 83.1 Å². The number of nitrogens with zero attached hydrogens (tertiary/aromatic N) is 1. The second-order valence-corrected chi connectivity index (χ2v) is 9.21. The molecule has 0 radical (unpaired) electrons. The van der Waals surface area contributed by atoms with Gasteiger partial charge in [-0.15, -0.1) is 0 Å². The Kier molecular flexibility index (Phi) is 4.00. The lowest BCUT2D eigenvalue weighted by atomic mass is 9.84. The molecule has 0 aromatic rings. The van der Waals surface area contributed by atoms with E-state index in [0.29, 0.717) is 13.0 Å². The van der Waals surface area contributed by atoms with E-state index in [2.05, 4.69) is 0 Å². The first-order valence-corrected chi connectivity index (χ1v) is 8.83. The van der Waals surface area contributed by atoms with Gasteiger partial charge in [-0.3, -0.25) is 4.79 Å². The van der Waals surface area contributed by atoms with Gasteiger partial charge in [0.1, 0.15) is 5.60 Å². The smallest absolute Gasteiger partial charge is 0.417 e. The Hall–Kier alpha value is -1.14. The van der Waals surface area contributed by atoms with Gasteiger partial charge in [0.2, 0.25) is 5.91 Å². The summed E-state index contributed by atoms with van der Waals surface area (Å²) in [6.45, 7) is 9.80. The molecule has 2 aliphatic heterocycles. The molecule has 3 atom stereocenters. The predicted molar refractivity (Wildman–Crippen MR) is 87.3 cm³/mol. The zero-order valence-electron chi connectivity index (χ0n) is 15.3. The molecule has 1 saturated carbocycles. The van der Waals surface area contributed by atoms with Crippen molar-refractivity contribution in [1.29, 1.82) is 0 Å². The lowest BCUT2D eigenvalue weighted by molar-refractivity contribution is -0.135. The molecular weight excluding hydrogens is 310 g/mol. The largest absolute Gasteiger partial charge is 0.443 e. The van der Waals surface area contributed by atoms with E-state index in [4.69, 9.17) is 9.47 Å². The molecule has 3 rings (SSSR count). The van der Waals surface area contributed by atoms with E-state index >= 15 is 0 Å². The van der Waals surface area contributed by atoms with E-state index in [-0.39, 0.29) is 17.4 Å². The van der Waals surface area contributed by atoms with Gasteiger partial charge in [-0.25, -0.2) is 9.69 Å². The van der Waals surface area contributed by atoms with E-state index in [1.54, 1.807) is 20.8 Å². The fraction of sp³-hybridized carbons (Fsp3) is 0.889. The Morgan fingerprint density at radius 2 is 1.96 bits per heavy atom. The van der Waals surface area contributed by atoms with E-state index < -0.39 is 29.3 Å². The molecule has 0 bridgehead atoms. The quantitative estimate of drug-likeness (QED) is 0.836. The van der Waals surface area contributed by atoms with Crippen LogP contribution in [-0.2, 0) is 14.3 Å². The summed E-state index contributed by atoms with van der Waals surface area (Å²) >= 11 is 0. The summed E-state index contributed by atoms with van der Waals surface area (Å²) in [6.07, 6.45) is 1.49. The van der Waals surface area contributed by atoms with E-state index in [1.807, 2.05) is 13.8 Å². The lowest BCUT2D eigenvalue weighted by Crippen LogP contribution is -2.45. The van der Waals surface area contributed by atoms with Crippen molar-refractivity contribution in [3.63, 3.8) is 0 Å². The maximum atomic E-state index is 12.9.